The lowest BCUT2D eigenvalue weighted by molar-refractivity contribution is 0.0686. The van der Waals surface area contributed by atoms with Gasteiger partial charge in [-0.2, -0.15) is 0 Å². The molecule has 0 amide bonds. The van der Waals surface area contributed by atoms with Crippen LogP contribution < -0.4 is 9.47 Å². The highest BCUT2D eigenvalue weighted by molar-refractivity contribution is 7.99. The van der Waals surface area contributed by atoms with E-state index >= 15 is 0 Å². The molecule has 0 bridgehead atoms. The monoisotopic (exact) mass is 352 g/mol. The minimum atomic E-state index is -0.378. The third kappa shape index (κ3) is 3.85. The number of benzene rings is 2. The first kappa shape index (κ1) is 15.8. The molecule has 3 aromatic rings. The van der Waals surface area contributed by atoms with Gasteiger partial charge in [-0.3, -0.25) is 0 Å². The van der Waals surface area contributed by atoms with Crippen molar-refractivity contribution in [2.75, 3.05) is 12.4 Å². The zero-order valence-corrected chi connectivity index (χ0v) is 14.2. The fourth-order valence-corrected chi connectivity index (χ4v) is 3.00. The first-order valence-corrected chi connectivity index (χ1v) is 8.93. The minimum Gasteiger partial charge on any atom is -0.485 e. The molecular weight excluding hydrogens is 336 g/mol. The highest BCUT2D eigenvalue weighted by atomic mass is 32.2. The highest BCUT2D eigenvalue weighted by Crippen LogP contribution is 2.35. The van der Waals surface area contributed by atoms with Crippen LogP contribution in [0.25, 0.3) is 6.08 Å². The summed E-state index contributed by atoms with van der Waals surface area (Å²) in [6.07, 6.45) is 3.76. The number of nitrogens with zero attached hydrogens (tertiary/aromatic N) is 2. The van der Waals surface area contributed by atoms with E-state index in [1.165, 1.54) is 17.3 Å². The van der Waals surface area contributed by atoms with Gasteiger partial charge in [0.2, 0.25) is 6.10 Å². The van der Waals surface area contributed by atoms with Gasteiger partial charge in [-0.25, -0.2) is 0 Å². The number of ether oxygens (including phenoxy) is 2. The molecule has 1 aliphatic heterocycles. The van der Waals surface area contributed by atoms with Crippen molar-refractivity contribution in [1.29, 1.82) is 0 Å². The largest absolute Gasteiger partial charge is 0.485 e. The summed E-state index contributed by atoms with van der Waals surface area (Å²) >= 11 is 1.49. The van der Waals surface area contributed by atoms with Crippen molar-refractivity contribution in [1.82, 2.24) is 10.2 Å². The summed E-state index contributed by atoms with van der Waals surface area (Å²) in [7, 11) is 0. The number of aromatic nitrogens is 2. The number of fused-ring (bicyclic) bond motifs is 1. The lowest BCUT2D eigenvalue weighted by Crippen LogP contribution is -2.21. The Morgan fingerprint density at radius 1 is 1.00 bits per heavy atom. The van der Waals surface area contributed by atoms with Gasteiger partial charge in [0, 0.05) is 5.75 Å². The molecular formula is C19H16N2O3S. The summed E-state index contributed by atoms with van der Waals surface area (Å²) in [6.45, 7) is 0.358. The molecule has 0 N–H and O–H groups in total. The van der Waals surface area contributed by atoms with Crippen LogP contribution in [0.5, 0.6) is 11.5 Å². The van der Waals surface area contributed by atoms with Crippen LogP contribution in [0.4, 0.5) is 0 Å². The summed E-state index contributed by atoms with van der Waals surface area (Å²) in [4.78, 5) is 0. The molecule has 2 heterocycles. The predicted molar refractivity (Wildman–Crippen MR) is 95.8 cm³/mol. The Bertz CT molecular complexity index is 864. The third-order valence-corrected chi connectivity index (χ3v) is 4.39. The van der Waals surface area contributed by atoms with Crippen molar-refractivity contribution in [2.45, 2.75) is 11.3 Å². The molecule has 0 aliphatic carbocycles. The maximum Gasteiger partial charge on any atom is 0.277 e. The van der Waals surface area contributed by atoms with Crippen molar-refractivity contribution in [3.63, 3.8) is 0 Å². The molecule has 0 fully saturated rings. The van der Waals surface area contributed by atoms with Crippen LogP contribution in [-0.4, -0.2) is 22.6 Å². The van der Waals surface area contributed by atoms with Crippen LogP contribution in [0, 0.1) is 0 Å². The van der Waals surface area contributed by atoms with Crippen molar-refractivity contribution in [3.05, 3.63) is 72.1 Å². The Kier molecular flexibility index (Phi) is 4.70. The zero-order valence-electron chi connectivity index (χ0n) is 13.4. The zero-order chi connectivity index (χ0) is 16.9. The van der Waals surface area contributed by atoms with Gasteiger partial charge < -0.3 is 13.9 Å². The van der Waals surface area contributed by atoms with E-state index in [2.05, 4.69) is 34.5 Å². The smallest absolute Gasteiger partial charge is 0.277 e. The van der Waals surface area contributed by atoms with Crippen LogP contribution in [0.1, 0.15) is 17.6 Å². The number of hydrogen-bond acceptors (Lipinski definition) is 6. The third-order valence-electron chi connectivity index (χ3n) is 3.62. The maximum atomic E-state index is 5.87. The molecule has 0 radical (unpaired) electrons. The van der Waals surface area contributed by atoms with Crippen molar-refractivity contribution in [3.8, 4) is 11.5 Å². The molecule has 1 aromatic heterocycles. The first-order chi connectivity index (χ1) is 12.4. The second-order valence-electron chi connectivity index (χ2n) is 5.39. The summed E-state index contributed by atoms with van der Waals surface area (Å²) in [5.74, 6) is 2.61. The molecule has 2 aromatic carbocycles. The first-order valence-electron chi connectivity index (χ1n) is 7.95. The van der Waals surface area contributed by atoms with E-state index in [1.807, 2.05) is 42.5 Å². The molecule has 6 heteroatoms. The van der Waals surface area contributed by atoms with E-state index in [1.54, 1.807) is 0 Å². The number of hydrogen-bond donors (Lipinski definition) is 0. The fourth-order valence-electron chi connectivity index (χ4n) is 2.42. The molecule has 0 saturated carbocycles. The van der Waals surface area contributed by atoms with Crippen molar-refractivity contribution < 1.29 is 13.9 Å². The van der Waals surface area contributed by atoms with E-state index in [0.29, 0.717) is 23.5 Å². The second-order valence-corrected chi connectivity index (χ2v) is 6.37. The van der Waals surface area contributed by atoms with Crippen LogP contribution >= 0.6 is 11.8 Å². The SMILES string of the molecule is C(=C\c1ccccc1)/CSc1nnc(C2COc3ccccc3O2)o1. The van der Waals surface area contributed by atoms with Crippen molar-refractivity contribution >= 4 is 17.8 Å². The fraction of sp³-hybridized carbons (Fsp3) is 0.158. The molecule has 25 heavy (non-hydrogen) atoms. The number of rotatable bonds is 5. The van der Waals surface area contributed by atoms with Gasteiger partial charge >= 0.3 is 0 Å². The van der Waals surface area contributed by atoms with Crippen LogP contribution in [0.2, 0.25) is 0 Å². The van der Waals surface area contributed by atoms with E-state index in [-0.39, 0.29) is 6.10 Å². The summed E-state index contributed by atoms with van der Waals surface area (Å²) in [5.41, 5.74) is 1.17. The van der Waals surface area contributed by atoms with Gasteiger partial charge in [-0.05, 0) is 17.7 Å². The molecule has 0 spiro atoms. The molecule has 4 rings (SSSR count). The summed E-state index contributed by atoms with van der Waals surface area (Å²) < 4.78 is 17.2. The van der Waals surface area contributed by atoms with Crippen LogP contribution in [-0.2, 0) is 0 Å². The molecule has 1 aliphatic rings. The van der Waals surface area contributed by atoms with Crippen LogP contribution in [0.15, 0.2) is 70.3 Å². The normalized spacial score (nSPS) is 16.2. The highest BCUT2D eigenvalue weighted by Gasteiger charge is 2.27. The Hall–Kier alpha value is -2.73. The Morgan fingerprint density at radius 2 is 1.80 bits per heavy atom. The van der Waals surface area contributed by atoms with E-state index < -0.39 is 0 Å². The maximum absolute atomic E-state index is 5.87. The Balaban J connectivity index is 1.34. The average molecular weight is 352 g/mol. The van der Waals surface area contributed by atoms with Crippen molar-refractivity contribution in [2.24, 2.45) is 0 Å². The van der Waals surface area contributed by atoms with E-state index in [4.69, 9.17) is 13.9 Å². The summed E-state index contributed by atoms with van der Waals surface area (Å²) in [6, 6.07) is 17.7. The molecule has 126 valence electrons. The quantitative estimate of drug-likeness (QED) is 0.635. The lowest BCUT2D eigenvalue weighted by Gasteiger charge is -2.23. The van der Waals surface area contributed by atoms with E-state index in [0.717, 1.165) is 11.5 Å². The Labute approximate surface area is 149 Å². The van der Waals surface area contributed by atoms with Gasteiger partial charge in [0.05, 0.1) is 0 Å². The molecule has 1 unspecified atom stereocenters. The van der Waals surface area contributed by atoms with Gasteiger partial charge in [-0.1, -0.05) is 66.4 Å². The van der Waals surface area contributed by atoms with Gasteiger partial charge in [0.25, 0.3) is 11.1 Å². The molecule has 0 saturated heterocycles. The average Bonchev–Trinajstić information content (AvgIpc) is 3.15. The number of para-hydroxylation sites is 2. The topological polar surface area (TPSA) is 57.4 Å². The predicted octanol–water partition coefficient (Wildman–Crippen LogP) is 4.39. The second kappa shape index (κ2) is 7.44. The van der Waals surface area contributed by atoms with Gasteiger partial charge in [0.15, 0.2) is 11.5 Å². The minimum absolute atomic E-state index is 0.358. The number of thioether (sulfide) groups is 1. The molecule has 1 atom stereocenters. The molecule has 5 nitrogen and oxygen atoms in total. The lowest BCUT2D eigenvalue weighted by atomic mass is 10.2. The summed E-state index contributed by atoms with van der Waals surface area (Å²) in [5, 5.41) is 8.68. The van der Waals surface area contributed by atoms with Crippen LogP contribution in [0.3, 0.4) is 0 Å². The van der Waals surface area contributed by atoms with Gasteiger partial charge in [0.1, 0.15) is 6.61 Å². The Morgan fingerprint density at radius 3 is 2.68 bits per heavy atom. The van der Waals surface area contributed by atoms with Gasteiger partial charge in [-0.15, -0.1) is 10.2 Å². The van der Waals surface area contributed by atoms with E-state index in [9.17, 15) is 0 Å². The standard InChI is InChI=1S/C19H16N2O3S/c1-2-7-14(8-3-1)9-6-12-25-19-21-20-18(24-19)17-13-22-15-10-4-5-11-16(15)23-17/h1-11,17H,12-13H2/b9-6+.